The first-order valence-electron chi connectivity index (χ1n) is 6.83. The largest absolute Gasteiger partial charge is 0.394 e. The van der Waals surface area contributed by atoms with Crippen LogP contribution in [0.15, 0.2) is 0 Å². The number of aliphatic hydroxyl groups is 1. The number of rotatable bonds is 7. The van der Waals surface area contributed by atoms with E-state index in [1.165, 1.54) is 39.2 Å². The molecule has 1 rings (SSSR count). The third-order valence-electron chi connectivity index (χ3n) is 3.58. The van der Waals surface area contributed by atoms with Gasteiger partial charge in [0.1, 0.15) is 0 Å². The number of hydrogen-bond acceptors (Lipinski definition) is 4. The Bertz CT molecular complexity index is 242. The molecule has 0 spiro atoms. The third kappa shape index (κ3) is 5.33. The van der Waals surface area contributed by atoms with E-state index in [4.69, 9.17) is 15.6 Å². The second kappa shape index (κ2) is 8.45. The topological polar surface area (TPSA) is 84.6 Å². The first-order valence-corrected chi connectivity index (χ1v) is 6.83. The minimum atomic E-state index is -0.473. The van der Waals surface area contributed by atoms with E-state index in [9.17, 15) is 4.79 Å². The predicted octanol–water partition coefficient (Wildman–Crippen LogP) is 0.408. The molecule has 0 saturated heterocycles. The number of nitrogens with one attached hydrogen (secondary N) is 1. The number of carbonyl (C=O) groups is 1. The third-order valence-corrected chi connectivity index (χ3v) is 3.58. The molecule has 1 fully saturated rings. The van der Waals surface area contributed by atoms with Crippen molar-refractivity contribution in [3.63, 3.8) is 0 Å². The van der Waals surface area contributed by atoms with Crippen LogP contribution in [-0.2, 0) is 9.53 Å². The molecular weight excluding hydrogens is 232 g/mol. The molecule has 106 valence electrons. The average Bonchev–Trinajstić information content (AvgIpc) is 2.39. The number of carbonyl (C=O) groups excluding carboxylic acids is 1. The monoisotopic (exact) mass is 258 g/mol. The summed E-state index contributed by atoms with van der Waals surface area (Å²) < 4.78 is 4.91. The summed E-state index contributed by atoms with van der Waals surface area (Å²) in [7, 11) is 1.54. The van der Waals surface area contributed by atoms with Crippen LogP contribution in [0.25, 0.3) is 0 Å². The van der Waals surface area contributed by atoms with Gasteiger partial charge >= 0.3 is 0 Å². The van der Waals surface area contributed by atoms with E-state index in [0.717, 1.165) is 6.42 Å². The first-order chi connectivity index (χ1) is 8.67. The molecule has 5 nitrogen and oxygen atoms in total. The fraction of sp³-hybridized carbons (Fsp3) is 0.923. The van der Waals surface area contributed by atoms with Gasteiger partial charge in [0.25, 0.3) is 0 Å². The van der Waals surface area contributed by atoms with Crippen molar-refractivity contribution >= 4 is 5.91 Å². The van der Waals surface area contributed by atoms with Crippen molar-refractivity contribution in [2.45, 2.75) is 50.6 Å². The number of ether oxygens (including phenoxy) is 1. The molecule has 1 aliphatic rings. The molecule has 0 aliphatic heterocycles. The molecule has 18 heavy (non-hydrogen) atoms. The normalized spacial score (nSPS) is 20.4. The van der Waals surface area contributed by atoms with Crippen LogP contribution in [0.2, 0.25) is 0 Å². The van der Waals surface area contributed by atoms with Gasteiger partial charge in [0.05, 0.1) is 25.3 Å². The van der Waals surface area contributed by atoms with Crippen LogP contribution in [0.3, 0.4) is 0 Å². The lowest BCUT2D eigenvalue weighted by Crippen LogP contribution is -2.49. The smallest absolute Gasteiger partial charge is 0.237 e. The van der Waals surface area contributed by atoms with Crippen LogP contribution < -0.4 is 11.1 Å². The fourth-order valence-electron chi connectivity index (χ4n) is 2.54. The van der Waals surface area contributed by atoms with E-state index >= 15 is 0 Å². The molecule has 2 unspecified atom stereocenters. The van der Waals surface area contributed by atoms with E-state index < -0.39 is 6.04 Å². The molecule has 0 radical (unpaired) electrons. The molecule has 4 N–H and O–H groups in total. The van der Waals surface area contributed by atoms with Crippen LogP contribution >= 0.6 is 0 Å². The fourth-order valence-corrected chi connectivity index (χ4v) is 2.54. The van der Waals surface area contributed by atoms with E-state index in [1.807, 2.05) is 0 Å². The van der Waals surface area contributed by atoms with Crippen molar-refractivity contribution in [1.29, 1.82) is 0 Å². The summed E-state index contributed by atoms with van der Waals surface area (Å²) in [6.45, 7) is 0.175. The van der Waals surface area contributed by atoms with Gasteiger partial charge in [0, 0.05) is 7.11 Å². The highest BCUT2D eigenvalue weighted by Gasteiger charge is 2.22. The van der Waals surface area contributed by atoms with Crippen LogP contribution in [0.1, 0.15) is 38.5 Å². The van der Waals surface area contributed by atoms with Crippen molar-refractivity contribution < 1.29 is 14.6 Å². The summed E-state index contributed by atoms with van der Waals surface area (Å²) in [5.41, 5.74) is 5.91. The molecular formula is C13H26N2O3. The van der Waals surface area contributed by atoms with Crippen molar-refractivity contribution in [3.05, 3.63) is 0 Å². The standard InChI is InChI=1S/C13H26N2O3/c1-18-9-11(8-16)15-13(17)12(14)7-10-5-3-2-4-6-10/h10-12,16H,2-9,14H2,1H3,(H,15,17). The van der Waals surface area contributed by atoms with Crippen molar-refractivity contribution in [2.75, 3.05) is 20.3 Å². The molecule has 1 aliphatic carbocycles. The summed E-state index contributed by atoms with van der Waals surface area (Å²) in [4.78, 5) is 11.9. The number of hydrogen-bond donors (Lipinski definition) is 3. The Labute approximate surface area is 109 Å². The summed E-state index contributed by atoms with van der Waals surface area (Å²) in [6.07, 6.45) is 6.92. The molecule has 0 heterocycles. The zero-order chi connectivity index (χ0) is 13.4. The van der Waals surface area contributed by atoms with Gasteiger partial charge in [-0.3, -0.25) is 4.79 Å². The van der Waals surface area contributed by atoms with E-state index in [0.29, 0.717) is 12.5 Å². The molecule has 0 aromatic heterocycles. The van der Waals surface area contributed by atoms with Crippen molar-refractivity contribution in [1.82, 2.24) is 5.32 Å². The second-order valence-corrected chi connectivity index (χ2v) is 5.19. The zero-order valence-corrected chi connectivity index (χ0v) is 11.2. The lowest BCUT2D eigenvalue weighted by atomic mass is 9.85. The van der Waals surface area contributed by atoms with Gasteiger partial charge in [-0.05, 0) is 12.3 Å². The van der Waals surface area contributed by atoms with Gasteiger partial charge < -0.3 is 20.9 Å². The Morgan fingerprint density at radius 3 is 2.67 bits per heavy atom. The SMILES string of the molecule is COCC(CO)NC(=O)C(N)CC1CCCCC1. The summed E-state index contributed by atoms with van der Waals surface area (Å²) in [5.74, 6) is 0.395. The molecule has 0 bridgehead atoms. The predicted molar refractivity (Wildman–Crippen MR) is 70.1 cm³/mol. The lowest BCUT2D eigenvalue weighted by molar-refractivity contribution is -0.124. The van der Waals surface area contributed by atoms with Crippen LogP contribution in [-0.4, -0.2) is 43.4 Å². The molecule has 2 atom stereocenters. The molecule has 1 amide bonds. The number of amides is 1. The highest BCUT2D eigenvalue weighted by Crippen LogP contribution is 2.26. The first kappa shape index (κ1) is 15.4. The van der Waals surface area contributed by atoms with E-state index in [2.05, 4.69) is 5.32 Å². The maximum Gasteiger partial charge on any atom is 0.237 e. The van der Waals surface area contributed by atoms with Crippen molar-refractivity contribution in [2.24, 2.45) is 11.7 Å². The average molecular weight is 258 g/mol. The Morgan fingerprint density at radius 1 is 1.44 bits per heavy atom. The Hall–Kier alpha value is -0.650. The molecule has 0 aromatic carbocycles. The van der Waals surface area contributed by atoms with Gasteiger partial charge in [-0.15, -0.1) is 0 Å². The van der Waals surface area contributed by atoms with E-state index in [1.54, 1.807) is 0 Å². The quantitative estimate of drug-likeness (QED) is 0.617. The minimum Gasteiger partial charge on any atom is -0.394 e. The Morgan fingerprint density at radius 2 is 2.11 bits per heavy atom. The van der Waals surface area contributed by atoms with E-state index in [-0.39, 0.29) is 18.6 Å². The van der Waals surface area contributed by atoms with Gasteiger partial charge in [-0.2, -0.15) is 0 Å². The van der Waals surface area contributed by atoms with Crippen LogP contribution in [0.5, 0.6) is 0 Å². The molecule has 0 aromatic rings. The van der Waals surface area contributed by atoms with Gasteiger partial charge in [-0.25, -0.2) is 0 Å². The zero-order valence-electron chi connectivity index (χ0n) is 11.2. The number of methoxy groups -OCH3 is 1. The summed E-state index contributed by atoms with van der Waals surface area (Å²) in [6, 6.07) is -0.834. The summed E-state index contributed by atoms with van der Waals surface area (Å²) >= 11 is 0. The summed E-state index contributed by atoms with van der Waals surface area (Å²) in [5, 5.41) is 11.8. The van der Waals surface area contributed by atoms with Gasteiger partial charge in [0.2, 0.25) is 5.91 Å². The maximum atomic E-state index is 11.9. The molecule has 1 saturated carbocycles. The highest BCUT2D eigenvalue weighted by atomic mass is 16.5. The van der Waals surface area contributed by atoms with Crippen molar-refractivity contribution in [3.8, 4) is 0 Å². The number of aliphatic hydroxyl groups excluding tert-OH is 1. The Kier molecular flexibility index (Phi) is 7.23. The van der Waals surface area contributed by atoms with Crippen LogP contribution in [0, 0.1) is 5.92 Å². The lowest BCUT2D eigenvalue weighted by Gasteiger charge is -2.25. The van der Waals surface area contributed by atoms with Gasteiger partial charge in [0.15, 0.2) is 0 Å². The number of nitrogens with two attached hydrogens (primary N) is 1. The second-order valence-electron chi connectivity index (χ2n) is 5.19. The van der Waals surface area contributed by atoms with Gasteiger partial charge in [-0.1, -0.05) is 32.1 Å². The maximum absolute atomic E-state index is 11.9. The molecule has 5 heteroatoms. The Balaban J connectivity index is 2.30. The highest BCUT2D eigenvalue weighted by molar-refractivity contribution is 5.81. The van der Waals surface area contributed by atoms with Crippen LogP contribution in [0.4, 0.5) is 0 Å². The minimum absolute atomic E-state index is 0.129.